The number of halogens is 1. The van der Waals surface area contributed by atoms with Crippen LogP contribution in [0.25, 0.3) is 0 Å². The van der Waals surface area contributed by atoms with Gasteiger partial charge in [-0.3, -0.25) is 14.4 Å². The van der Waals surface area contributed by atoms with E-state index in [0.29, 0.717) is 19.5 Å². The normalized spacial score (nSPS) is 11.5. The Morgan fingerprint density at radius 3 is 1.43 bits per heavy atom. The van der Waals surface area contributed by atoms with Crippen LogP contribution in [0, 0.1) is 0 Å². The Morgan fingerprint density at radius 1 is 0.595 bits per heavy atom. The van der Waals surface area contributed by atoms with E-state index < -0.39 is 28.6 Å². The topological polar surface area (TPSA) is 87.3 Å². The van der Waals surface area contributed by atoms with Crippen molar-refractivity contribution in [3.63, 3.8) is 0 Å². The molecule has 0 aromatic heterocycles. The molecule has 3 aromatic carbocycles. The number of carbonyl (C=O) groups excluding carboxylic acids is 3. The fourth-order valence-corrected chi connectivity index (χ4v) is 4.40. The molecule has 7 heteroatoms. The highest BCUT2D eigenvalue weighted by molar-refractivity contribution is 9.10. The quantitative estimate of drug-likeness (QED) is 0.157. The van der Waals surface area contributed by atoms with Gasteiger partial charge in [-0.25, -0.2) is 0 Å². The van der Waals surface area contributed by atoms with Crippen molar-refractivity contribution in [1.82, 2.24) is 16.0 Å². The number of rotatable bonds is 14. The molecule has 0 radical (unpaired) electrons. The van der Waals surface area contributed by atoms with E-state index in [1.807, 2.05) is 91.0 Å². The Hall–Kier alpha value is -3.45. The van der Waals surface area contributed by atoms with Crippen LogP contribution in [0.4, 0.5) is 0 Å². The van der Waals surface area contributed by atoms with E-state index in [0.717, 1.165) is 31.2 Å². The van der Waals surface area contributed by atoms with E-state index in [1.54, 1.807) is 0 Å². The number of amides is 3. The second kappa shape index (κ2) is 15.6. The molecule has 0 fully saturated rings. The summed E-state index contributed by atoms with van der Waals surface area (Å²) in [6.07, 6.45) is 3.51. The molecule has 0 saturated carbocycles. The van der Waals surface area contributed by atoms with E-state index in [1.165, 1.54) is 11.1 Å². The standard InChI is InChI=1S/C30H34BrN3O3/c31-26(22-25-16-8-3-9-17-25)28(35)34-27(29(36)32-20-10-18-23-12-4-1-5-13-23)30(37)33-21-11-19-24-14-6-2-7-15-24/h1-9,12-17,26-27H,10-11,18-22H2,(H,32,36)(H,33,37)(H,34,35)/t26-/m1/s1. The average Bonchev–Trinajstić information content (AvgIpc) is 2.93. The van der Waals surface area contributed by atoms with Crippen molar-refractivity contribution in [2.45, 2.75) is 43.0 Å². The highest BCUT2D eigenvalue weighted by Crippen LogP contribution is 2.11. The summed E-state index contributed by atoms with van der Waals surface area (Å²) >= 11 is 3.41. The lowest BCUT2D eigenvalue weighted by Crippen LogP contribution is -2.56. The van der Waals surface area contributed by atoms with Crippen molar-refractivity contribution in [3.05, 3.63) is 108 Å². The predicted octanol–water partition coefficient (Wildman–Crippen LogP) is 3.98. The molecular weight excluding hydrogens is 530 g/mol. The Morgan fingerprint density at radius 2 is 1.00 bits per heavy atom. The second-order valence-corrected chi connectivity index (χ2v) is 9.96. The SMILES string of the molecule is O=C(NCCCc1ccccc1)C(NC(=O)[C@H](Br)Cc1ccccc1)C(=O)NCCCc1ccccc1. The summed E-state index contributed by atoms with van der Waals surface area (Å²) in [6.45, 7) is 0.812. The zero-order valence-corrected chi connectivity index (χ0v) is 22.5. The first-order valence-electron chi connectivity index (χ1n) is 12.6. The van der Waals surface area contributed by atoms with E-state index in [2.05, 4.69) is 31.9 Å². The maximum absolute atomic E-state index is 13.0. The highest BCUT2D eigenvalue weighted by Gasteiger charge is 2.30. The maximum Gasteiger partial charge on any atom is 0.252 e. The van der Waals surface area contributed by atoms with Crippen LogP contribution in [-0.4, -0.2) is 41.7 Å². The number of aryl methyl sites for hydroxylation is 2. The van der Waals surface area contributed by atoms with Crippen LogP contribution in [0.3, 0.4) is 0 Å². The smallest absolute Gasteiger partial charge is 0.252 e. The Bertz CT molecular complexity index is 1050. The Balaban J connectivity index is 1.53. The first-order chi connectivity index (χ1) is 18.0. The minimum atomic E-state index is -1.31. The first kappa shape index (κ1) is 28.1. The maximum atomic E-state index is 13.0. The van der Waals surface area contributed by atoms with Gasteiger partial charge in [0.1, 0.15) is 0 Å². The summed E-state index contributed by atoms with van der Waals surface area (Å²) in [6, 6.07) is 28.3. The number of hydrogen-bond acceptors (Lipinski definition) is 3. The molecule has 0 spiro atoms. The van der Waals surface area contributed by atoms with Crippen LogP contribution in [0.2, 0.25) is 0 Å². The van der Waals surface area contributed by atoms with Crippen LogP contribution in [0.15, 0.2) is 91.0 Å². The van der Waals surface area contributed by atoms with Crippen LogP contribution < -0.4 is 16.0 Å². The van der Waals surface area contributed by atoms with Gasteiger partial charge in [0.25, 0.3) is 11.8 Å². The van der Waals surface area contributed by atoms with Crippen LogP contribution in [0.1, 0.15) is 29.5 Å². The van der Waals surface area contributed by atoms with Gasteiger partial charge in [0.2, 0.25) is 5.91 Å². The summed E-state index contributed by atoms with van der Waals surface area (Å²) in [5.41, 5.74) is 3.34. The molecule has 194 valence electrons. The summed E-state index contributed by atoms with van der Waals surface area (Å²) in [4.78, 5) is 38.2. The molecule has 0 unspecified atom stereocenters. The lowest BCUT2D eigenvalue weighted by molar-refractivity contribution is -0.136. The largest absolute Gasteiger partial charge is 0.354 e. The van der Waals surface area contributed by atoms with Crippen molar-refractivity contribution in [2.24, 2.45) is 0 Å². The van der Waals surface area contributed by atoms with E-state index in [9.17, 15) is 14.4 Å². The summed E-state index contributed by atoms with van der Waals surface area (Å²) in [7, 11) is 0. The highest BCUT2D eigenvalue weighted by atomic mass is 79.9. The number of alkyl halides is 1. The monoisotopic (exact) mass is 563 g/mol. The summed E-state index contributed by atoms with van der Waals surface area (Å²) in [5, 5.41) is 8.27. The summed E-state index contributed by atoms with van der Waals surface area (Å²) < 4.78 is 0. The van der Waals surface area contributed by atoms with Gasteiger partial charge in [-0.2, -0.15) is 0 Å². The van der Waals surface area contributed by atoms with Gasteiger partial charge in [0.15, 0.2) is 6.04 Å². The second-order valence-electron chi connectivity index (χ2n) is 8.86. The lowest BCUT2D eigenvalue weighted by atomic mass is 10.1. The molecular formula is C30H34BrN3O3. The molecule has 0 aliphatic carbocycles. The fraction of sp³-hybridized carbons (Fsp3) is 0.300. The first-order valence-corrected chi connectivity index (χ1v) is 13.6. The molecule has 0 bridgehead atoms. The molecule has 0 saturated heterocycles. The van der Waals surface area contributed by atoms with Gasteiger partial charge in [0.05, 0.1) is 4.83 Å². The molecule has 0 aliphatic heterocycles. The average molecular weight is 565 g/mol. The summed E-state index contributed by atoms with van der Waals surface area (Å²) in [5.74, 6) is -1.43. The minimum absolute atomic E-state index is 0.406. The minimum Gasteiger partial charge on any atom is -0.354 e. The molecule has 3 N–H and O–H groups in total. The van der Waals surface area contributed by atoms with E-state index in [4.69, 9.17) is 0 Å². The lowest BCUT2D eigenvalue weighted by Gasteiger charge is -2.20. The van der Waals surface area contributed by atoms with Gasteiger partial charge in [-0.05, 0) is 48.8 Å². The van der Waals surface area contributed by atoms with Gasteiger partial charge in [0, 0.05) is 13.1 Å². The third kappa shape index (κ3) is 10.2. The zero-order valence-electron chi connectivity index (χ0n) is 20.9. The molecule has 0 heterocycles. The molecule has 37 heavy (non-hydrogen) atoms. The Labute approximate surface area is 227 Å². The van der Waals surface area contributed by atoms with Crippen LogP contribution >= 0.6 is 15.9 Å². The molecule has 3 rings (SSSR count). The number of benzene rings is 3. The van der Waals surface area contributed by atoms with E-state index >= 15 is 0 Å². The molecule has 3 aromatic rings. The molecule has 1 atom stereocenters. The number of nitrogens with one attached hydrogen (secondary N) is 3. The predicted molar refractivity (Wildman–Crippen MR) is 150 cm³/mol. The number of hydrogen-bond donors (Lipinski definition) is 3. The molecule has 0 aliphatic rings. The third-order valence-electron chi connectivity index (χ3n) is 5.92. The van der Waals surface area contributed by atoms with Crippen molar-refractivity contribution < 1.29 is 14.4 Å². The van der Waals surface area contributed by atoms with Crippen LogP contribution in [-0.2, 0) is 33.6 Å². The van der Waals surface area contributed by atoms with Gasteiger partial charge in [-0.15, -0.1) is 0 Å². The van der Waals surface area contributed by atoms with Crippen molar-refractivity contribution in [3.8, 4) is 0 Å². The third-order valence-corrected chi connectivity index (χ3v) is 6.66. The van der Waals surface area contributed by atoms with Crippen molar-refractivity contribution in [2.75, 3.05) is 13.1 Å². The van der Waals surface area contributed by atoms with Gasteiger partial charge in [-0.1, -0.05) is 107 Å². The van der Waals surface area contributed by atoms with Gasteiger partial charge < -0.3 is 16.0 Å². The van der Waals surface area contributed by atoms with E-state index in [-0.39, 0.29) is 0 Å². The van der Waals surface area contributed by atoms with Crippen molar-refractivity contribution >= 4 is 33.7 Å². The zero-order chi connectivity index (χ0) is 26.3. The van der Waals surface area contributed by atoms with Gasteiger partial charge >= 0.3 is 0 Å². The molecule has 3 amide bonds. The molecule has 6 nitrogen and oxygen atoms in total. The van der Waals surface area contributed by atoms with Crippen LogP contribution in [0.5, 0.6) is 0 Å². The number of carbonyl (C=O) groups is 3. The Kier molecular flexibility index (Phi) is 11.9. The van der Waals surface area contributed by atoms with Crippen molar-refractivity contribution in [1.29, 1.82) is 0 Å². The fourth-order valence-electron chi connectivity index (χ4n) is 3.90.